The van der Waals surface area contributed by atoms with E-state index in [4.69, 9.17) is 4.74 Å². The quantitative estimate of drug-likeness (QED) is 0.769. The lowest BCUT2D eigenvalue weighted by atomic mass is 10.0. The predicted molar refractivity (Wildman–Crippen MR) is 92.8 cm³/mol. The van der Waals surface area contributed by atoms with Crippen molar-refractivity contribution in [2.75, 3.05) is 13.2 Å². The number of benzene rings is 1. The van der Waals surface area contributed by atoms with E-state index in [-0.39, 0.29) is 17.8 Å². The van der Waals surface area contributed by atoms with Gasteiger partial charge < -0.3 is 15.0 Å². The van der Waals surface area contributed by atoms with E-state index in [2.05, 4.69) is 15.3 Å². The predicted octanol–water partition coefficient (Wildman–Crippen LogP) is 3.28. The van der Waals surface area contributed by atoms with E-state index in [1.165, 1.54) is 6.20 Å². The number of rotatable bonds is 3. The van der Waals surface area contributed by atoms with Gasteiger partial charge in [-0.05, 0) is 31.0 Å². The molecule has 0 radical (unpaired) electrons. The molecule has 1 aromatic carbocycles. The van der Waals surface area contributed by atoms with E-state index < -0.39 is 0 Å². The number of nitrogens with zero attached hydrogens (tertiary/aromatic N) is 1. The van der Waals surface area contributed by atoms with Gasteiger partial charge >= 0.3 is 0 Å². The van der Waals surface area contributed by atoms with Crippen molar-refractivity contribution in [1.82, 2.24) is 15.3 Å². The third-order valence-electron chi connectivity index (χ3n) is 4.52. The van der Waals surface area contributed by atoms with Gasteiger partial charge in [-0.25, -0.2) is 4.39 Å². The van der Waals surface area contributed by atoms with Gasteiger partial charge in [0.25, 0.3) is 5.91 Å². The number of aromatic nitrogens is 2. The Morgan fingerprint density at radius 2 is 1.96 bits per heavy atom. The first-order chi connectivity index (χ1) is 12.2. The Hall–Kier alpha value is -2.73. The molecule has 1 aliphatic rings. The molecule has 6 heteroatoms. The molecular formula is C19H18FN3O2. The number of amides is 1. The third-order valence-corrected chi connectivity index (χ3v) is 4.52. The van der Waals surface area contributed by atoms with Gasteiger partial charge in [0.15, 0.2) is 5.82 Å². The van der Waals surface area contributed by atoms with Gasteiger partial charge in [0, 0.05) is 42.0 Å². The van der Waals surface area contributed by atoms with Crippen LogP contribution in [0.4, 0.5) is 4.39 Å². The van der Waals surface area contributed by atoms with Gasteiger partial charge in [0.05, 0.1) is 17.4 Å². The fourth-order valence-corrected chi connectivity index (χ4v) is 3.14. The van der Waals surface area contributed by atoms with Crippen LogP contribution in [-0.4, -0.2) is 35.1 Å². The second-order valence-electron chi connectivity index (χ2n) is 6.16. The minimum Gasteiger partial charge on any atom is -0.381 e. The summed E-state index contributed by atoms with van der Waals surface area (Å²) in [6.07, 6.45) is 4.58. The van der Waals surface area contributed by atoms with E-state index in [1.54, 1.807) is 24.4 Å². The van der Waals surface area contributed by atoms with Crippen molar-refractivity contribution in [3.63, 3.8) is 0 Å². The summed E-state index contributed by atoms with van der Waals surface area (Å²) in [6.45, 7) is 1.37. The van der Waals surface area contributed by atoms with Crippen LogP contribution in [0.3, 0.4) is 0 Å². The van der Waals surface area contributed by atoms with Gasteiger partial charge in [-0.15, -0.1) is 0 Å². The maximum absolute atomic E-state index is 13.8. The second-order valence-corrected chi connectivity index (χ2v) is 6.16. The molecule has 0 atom stereocenters. The molecule has 0 unspecified atom stereocenters. The van der Waals surface area contributed by atoms with Crippen molar-refractivity contribution >= 4 is 16.8 Å². The van der Waals surface area contributed by atoms with Gasteiger partial charge in [0.1, 0.15) is 0 Å². The molecule has 0 spiro atoms. The first-order valence-electron chi connectivity index (χ1n) is 8.33. The van der Waals surface area contributed by atoms with E-state index in [0.29, 0.717) is 30.0 Å². The summed E-state index contributed by atoms with van der Waals surface area (Å²) in [5, 5.41) is 3.76. The summed E-state index contributed by atoms with van der Waals surface area (Å²) in [5.74, 6) is -0.464. The molecule has 25 heavy (non-hydrogen) atoms. The van der Waals surface area contributed by atoms with Crippen LogP contribution in [0.1, 0.15) is 23.2 Å². The average molecular weight is 339 g/mol. The molecule has 0 bridgehead atoms. The monoisotopic (exact) mass is 339 g/mol. The van der Waals surface area contributed by atoms with Crippen LogP contribution in [0.5, 0.6) is 0 Å². The molecule has 3 aromatic rings. The van der Waals surface area contributed by atoms with Crippen LogP contribution in [0.15, 0.2) is 42.7 Å². The summed E-state index contributed by atoms with van der Waals surface area (Å²) in [4.78, 5) is 19.4. The fourth-order valence-electron chi connectivity index (χ4n) is 3.14. The number of ether oxygens (including phenoxy) is 1. The average Bonchev–Trinajstić information content (AvgIpc) is 3.14. The largest absolute Gasteiger partial charge is 0.381 e. The Kier molecular flexibility index (Phi) is 4.19. The highest BCUT2D eigenvalue weighted by atomic mass is 19.1. The van der Waals surface area contributed by atoms with E-state index in [0.717, 1.165) is 23.8 Å². The molecule has 4 rings (SSSR count). The maximum atomic E-state index is 13.8. The molecule has 1 saturated heterocycles. The van der Waals surface area contributed by atoms with Crippen LogP contribution in [-0.2, 0) is 4.74 Å². The van der Waals surface area contributed by atoms with E-state index in [9.17, 15) is 9.18 Å². The number of halogens is 1. The highest BCUT2D eigenvalue weighted by Gasteiger charge is 2.17. The Bertz CT molecular complexity index is 899. The van der Waals surface area contributed by atoms with Crippen molar-refractivity contribution in [2.45, 2.75) is 18.9 Å². The zero-order valence-electron chi connectivity index (χ0n) is 13.6. The van der Waals surface area contributed by atoms with Crippen LogP contribution in [0.2, 0.25) is 0 Å². The number of aromatic amines is 1. The Balaban J connectivity index is 1.56. The van der Waals surface area contributed by atoms with Crippen molar-refractivity contribution in [1.29, 1.82) is 0 Å². The highest BCUT2D eigenvalue weighted by molar-refractivity contribution is 5.96. The summed E-state index contributed by atoms with van der Waals surface area (Å²) in [6, 6.07) is 9.18. The Labute approximate surface area is 144 Å². The molecule has 2 aromatic heterocycles. The van der Waals surface area contributed by atoms with Crippen LogP contribution >= 0.6 is 0 Å². The van der Waals surface area contributed by atoms with Gasteiger partial charge in [-0.2, -0.15) is 0 Å². The highest BCUT2D eigenvalue weighted by Crippen LogP contribution is 2.27. The van der Waals surface area contributed by atoms with Crippen LogP contribution in [0.25, 0.3) is 22.2 Å². The number of H-pyrrole nitrogens is 1. The zero-order valence-corrected chi connectivity index (χ0v) is 13.6. The number of carbonyl (C=O) groups excluding carboxylic acids is 1. The number of carbonyl (C=O) groups is 1. The van der Waals surface area contributed by atoms with Crippen molar-refractivity contribution in [2.24, 2.45) is 0 Å². The second kappa shape index (κ2) is 6.64. The van der Waals surface area contributed by atoms with Crippen molar-refractivity contribution in [3.8, 4) is 11.3 Å². The Morgan fingerprint density at radius 1 is 1.20 bits per heavy atom. The first kappa shape index (κ1) is 15.8. The SMILES string of the molecule is O=C(NC1CCOCC1)c1ccc(-c2ncc(F)c3[nH]ccc23)cc1. The molecule has 0 saturated carbocycles. The van der Waals surface area contributed by atoms with Crippen LogP contribution in [0, 0.1) is 5.82 Å². The number of fused-ring (bicyclic) bond motifs is 1. The summed E-state index contributed by atoms with van der Waals surface area (Å²) in [7, 11) is 0. The molecule has 1 amide bonds. The van der Waals surface area contributed by atoms with E-state index in [1.807, 2.05) is 12.1 Å². The van der Waals surface area contributed by atoms with Gasteiger partial charge in [-0.1, -0.05) is 12.1 Å². The smallest absolute Gasteiger partial charge is 0.251 e. The van der Waals surface area contributed by atoms with E-state index >= 15 is 0 Å². The number of hydrogen-bond donors (Lipinski definition) is 2. The first-order valence-corrected chi connectivity index (χ1v) is 8.33. The summed E-state index contributed by atoms with van der Waals surface area (Å²) >= 11 is 0. The normalized spacial score (nSPS) is 15.4. The molecule has 5 nitrogen and oxygen atoms in total. The zero-order chi connectivity index (χ0) is 17.2. The number of pyridine rings is 1. The lowest BCUT2D eigenvalue weighted by Crippen LogP contribution is -2.38. The third kappa shape index (κ3) is 3.13. The molecular weight excluding hydrogens is 321 g/mol. The fraction of sp³-hybridized carbons (Fsp3) is 0.263. The number of nitrogens with one attached hydrogen (secondary N) is 2. The number of hydrogen-bond acceptors (Lipinski definition) is 3. The summed E-state index contributed by atoms with van der Waals surface area (Å²) in [5.41, 5.74) is 2.57. The minimum atomic E-state index is -0.379. The topological polar surface area (TPSA) is 67.0 Å². The lowest BCUT2D eigenvalue weighted by Gasteiger charge is -2.23. The standard InChI is InChI=1S/C19H18FN3O2/c20-16-11-22-17(15-5-8-21-18(15)16)12-1-3-13(4-2-12)19(24)23-14-6-9-25-10-7-14/h1-5,8,11,14,21H,6-7,9-10H2,(H,23,24). The van der Waals surface area contributed by atoms with Gasteiger partial charge in [-0.3, -0.25) is 9.78 Å². The van der Waals surface area contributed by atoms with Gasteiger partial charge in [0.2, 0.25) is 0 Å². The summed E-state index contributed by atoms with van der Waals surface area (Å²) < 4.78 is 19.1. The maximum Gasteiger partial charge on any atom is 0.251 e. The molecule has 3 heterocycles. The molecule has 128 valence electrons. The molecule has 0 aliphatic carbocycles. The molecule has 2 N–H and O–H groups in total. The Morgan fingerprint density at radius 3 is 2.72 bits per heavy atom. The minimum absolute atomic E-state index is 0.0858. The molecule has 1 fully saturated rings. The molecule has 1 aliphatic heterocycles. The van der Waals surface area contributed by atoms with Crippen molar-refractivity contribution in [3.05, 3.63) is 54.1 Å². The van der Waals surface area contributed by atoms with Crippen LogP contribution < -0.4 is 5.32 Å². The lowest BCUT2D eigenvalue weighted by molar-refractivity contribution is 0.0696. The van der Waals surface area contributed by atoms with Crippen molar-refractivity contribution < 1.29 is 13.9 Å².